The van der Waals surface area contributed by atoms with E-state index in [4.69, 9.17) is 16.7 Å². The molecule has 20 heavy (non-hydrogen) atoms. The molecule has 112 valence electrons. The maximum absolute atomic E-state index is 12.2. The zero-order valence-corrected chi connectivity index (χ0v) is 11.6. The average Bonchev–Trinajstić information content (AvgIpc) is 2.30. The van der Waals surface area contributed by atoms with E-state index >= 15 is 0 Å². The molecule has 0 aliphatic heterocycles. The molecular formula is C10H10ClF2NO5S. The molecule has 0 bridgehead atoms. The van der Waals surface area contributed by atoms with Gasteiger partial charge in [0.2, 0.25) is 10.0 Å². The zero-order chi connectivity index (χ0) is 15.5. The van der Waals surface area contributed by atoms with Crippen LogP contribution in [-0.2, 0) is 14.8 Å². The number of rotatable bonds is 6. The van der Waals surface area contributed by atoms with E-state index in [0.29, 0.717) is 0 Å². The minimum absolute atomic E-state index is 0.0324. The number of carbonyl (C=O) groups is 1. The fourth-order valence-corrected chi connectivity index (χ4v) is 2.83. The molecule has 0 amide bonds. The molecule has 0 aliphatic rings. The van der Waals surface area contributed by atoms with Gasteiger partial charge in [-0.1, -0.05) is 11.6 Å². The molecule has 0 spiro atoms. The molecule has 1 aromatic rings. The van der Waals surface area contributed by atoms with Gasteiger partial charge in [0, 0.05) is 5.02 Å². The number of aliphatic carboxylic acids is 1. The van der Waals surface area contributed by atoms with E-state index in [2.05, 4.69) is 4.74 Å². The van der Waals surface area contributed by atoms with Crippen molar-refractivity contribution in [1.82, 2.24) is 4.72 Å². The Kier molecular flexibility index (Phi) is 5.26. The van der Waals surface area contributed by atoms with Crippen molar-refractivity contribution in [2.24, 2.45) is 0 Å². The van der Waals surface area contributed by atoms with Crippen molar-refractivity contribution in [1.29, 1.82) is 0 Å². The Bertz CT molecular complexity index is 608. The summed E-state index contributed by atoms with van der Waals surface area (Å²) in [6.45, 7) is -2.15. The van der Waals surface area contributed by atoms with Gasteiger partial charge in [0.1, 0.15) is 16.7 Å². The molecule has 0 aromatic heterocycles. The first-order valence-electron chi connectivity index (χ1n) is 5.13. The highest BCUT2D eigenvalue weighted by Gasteiger charge is 2.26. The zero-order valence-electron chi connectivity index (χ0n) is 10.0. The lowest BCUT2D eigenvalue weighted by molar-refractivity contribution is -0.138. The number of nitrogens with one attached hydrogen (secondary N) is 1. The molecule has 0 heterocycles. The summed E-state index contributed by atoms with van der Waals surface area (Å²) in [6, 6.07) is 1.56. The second-order valence-electron chi connectivity index (χ2n) is 3.65. The lowest BCUT2D eigenvalue weighted by Crippen LogP contribution is -2.38. The topological polar surface area (TPSA) is 92.7 Å². The summed E-state index contributed by atoms with van der Waals surface area (Å²) >= 11 is 5.61. The van der Waals surface area contributed by atoms with Gasteiger partial charge < -0.3 is 9.84 Å². The van der Waals surface area contributed by atoms with E-state index in [1.807, 2.05) is 0 Å². The Hall–Kier alpha value is -1.45. The maximum Gasteiger partial charge on any atom is 0.387 e. The molecule has 0 unspecified atom stereocenters. The predicted octanol–water partition coefficient (Wildman–Crippen LogP) is 1.69. The Labute approximate surface area is 118 Å². The monoisotopic (exact) mass is 329 g/mol. The van der Waals surface area contributed by atoms with Gasteiger partial charge in [0.25, 0.3) is 0 Å². The third kappa shape index (κ3) is 4.29. The van der Waals surface area contributed by atoms with E-state index in [0.717, 1.165) is 19.1 Å². The van der Waals surface area contributed by atoms with Crippen LogP contribution in [0, 0.1) is 0 Å². The highest BCUT2D eigenvalue weighted by Crippen LogP contribution is 2.28. The van der Waals surface area contributed by atoms with E-state index in [1.54, 1.807) is 4.72 Å². The molecule has 0 radical (unpaired) electrons. The summed E-state index contributed by atoms with van der Waals surface area (Å²) in [6.07, 6.45) is 0. The molecule has 2 N–H and O–H groups in total. The quantitative estimate of drug-likeness (QED) is 0.828. The average molecular weight is 330 g/mol. The largest absolute Gasteiger partial charge is 0.480 e. The number of carboxylic acid groups (broad SMARTS) is 1. The summed E-state index contributed by atoms with van der Waals surface area (Å²) in [7, 11) is -4.38. The Balaban J connectivity index is 3.22. The minimum atomic E-state index is -4.38. The van der Waals surface area contributed by atoms with E-state index in [1.165, 1.54) is 6.07 Å². The third-order valence-corrected chi connectivity index (χ3v) is 3.91. The number of alkyl halides is 2. The molecule has 0 saturated carbocycles. The summed E-state index contributed by atoms with van der Waals surface area (Å²) < 4.78 is 54.2. The summed E-state index contributed by atoms with van der Waals surface area (Å²) in [5.74, 6) is -2.05. The number of hydrogen-bond acceptors (Lipinski definition) is 4. The number of carboxylic acids is 1. The second kappa shape index (κ2) is 6.33. The van der Waals surface area contributed by atoms with Crippen LogP contribution in [0.5, 0.6) is 5.75 Å². The van der Waals surface area contributed by atoms with Gasteiger partial charge >= 0.3 is 12.6 Å². The van der Waals surface area contributed by atoms with Gasteiger partial charge in [0.15, 0.2) is 0 Å². The van der Waals surface area contributed by atoms with Gasteiger partial charge in [-0.3, -0.25) is 4.79 Å². The fourth-order valence-electron chi connectivity index (χ4n) is 1.23. The lowest BCUT2D eigenvalue weighted by Gasteiger charge is -2.14. The Morgan fingerprint density at radius 1 is 1.45 bits per heavy atom. The Morgan fingerprint density at radius 3 is 2.55 bits per heavy atom. The molecular weight excluding hydrogens is 320 g/mol. The van der Waals surface area contributed by atoms with Crippen LogP contribution in [0.1, 0.15) is 6.92 Å². The predicted molar refractivity (Wildman–Crippen MR) is 65.5 cm³/mol. The summed E-state index contributed by atoms with van der Waals surface area (Å²) in [5.41, 5.74) is 0. The van der Waals surface area contributed by atoms with Crippen molar-refractivity contribution < 1.29 is 31.8 Å². The number of hydrogen-bond donors (Lipinski definition) is 2. The van der Waals surface area contributed by atoms with E-state index < -0.39 is 39.3 Å². The molecule has 0 fully saturated rings. The normalized spacial score (nSPS) is 13.2. The number of benzene rings is 1. The standard InChI is InChI=1S/C10H10ClF2NO5S/c1-5(9(15)16)14-20(17,18)8-4-6(11)2-3-7(8)19-10(12)13/h2-5,10,14H,1H3,(H,15,16)/t5-/m0/s1. The summed E-state index contributed by atoms with van der Waals surface area (Å²) in [4.78, 5) is 9.97. The second-order valence-corrected chi connectivity index (χ2v) is 5.77. The first-order chi connectivity index (χ1) is 9.13. The molecule has 0 aliphatic carbocycles. The van der Waals surface area contributed by atoms with Crippen molar-refractivity contribution in [2.75, 3.05) is 0 Å². The SMILES string of the molecule is C[C@H](NS(=O)(=O)c1cc(Cl)ccc1OC(F)F)C(=O)O. The highest BCUT2D eigenvalue weighted by molar-refractivity contribution is 7.89. The molecule has 6 nitrogen and oxygen atoms in total. The van der Waals surface area contributed by atoms with Crippen molar-refractivity contribution in [3.05, 3.63) is 23.2 Å². The smallest absolute Gasteiger partial charge is 0.387 e. The minimum Gasteiger partial charge on any atom is -0.480 e. The first kappa shape index (κ1) is 16.6. The van der Waals surface area contributed by atoms with E-state index in [-0.39, 0.29) is 5.02 Å². The van der Waals surface area contributed by atoms with Crippen LogP contribution in [0.25, 0.3) is 0 Å². The first-order valence-corrected chi connectivity index (χ1v) is 6.99. The van der Waals surface area contributed by atoms with Crippen LogP contribution in [0.2, 0.25) is 5.02 Å². The van der Waals surface area contributed by atoms with Crippen molar-refractivity contribution in [3.8, 4) is 5.75 Å². The van der Waals surface area contributed by atoms with Crippen molar-refractivity contribution in [3.63, 3.8) is 0 Å². The van der Waals surface area contributed by atoms with Gasteiger partial charge in [0.05, 0.1) is 0 Å². The van der Waals surface area contributed by atoms with Crippen LogP contribution < -0.4 is 9.46 Å². The van der Waals surface area contributed by atoms with Crippen LogP contribution in [0.4, 0.5) is 8.78 Å². The highest BCUT2D eigenvalue weighted by atomic mass is 35.5. The molecule has 1 atom stereocenters. The number of sulfonamides is 1. The molecule has 1 rings (SSSR count). The molecule has 0 saturated heterocycles. The maximum atomic E-state index is 12.2. The van der Waals surface area contributed by atoms with Gasteiger partial charge in [-0.05, 0) is 25.1 Å². The molecule has 10 heteroatoms. The summed E-state index contributed by atoms with van der Waals surface area (Å²) in [5, 5.41) is 8.62. The van der Waals surface area contributed by atoms with Crippen molar-refractivity contribution in [2.45, 2.75) is 24.5 Å². The number of halogens is 3. The fraction of sp³-hybridized carbons (Fsp3) is 0.300. The molecule has 1 aromatic carbocycles. The third-order valence-electron chi connectivity index (χ3n) is 2.11. The Morgan fingerprint density at radius 2 is 2.05 bits per heavy atom. The van der Waals surface area contributed by atoms with Crippen LogP contribution >= 0.6 is 11.6 Å². The van der Waals surface area contributed by atoms with Crippen LogP contribution in [-0.4, -0.2) is 32.1 Å². The van der Waals surface area contributed by atoms with Gasteiger partial charge in [-0.25, -0.2) is 8.42 Å². The number of ether oxygens (including phenoxy) is 1. The van der Waals surface area contributed by atoms with Gasteiger partial charge in [-0.15, -0.1) is 0 Å². The van der Waals surface area contributed by atoms with Gasteiger partial charge in [-0.2, -0.15) is 13.5 Å². The van der Waals surface area contributed by atoms with Crippen LogP contribution in [0.15, 0.2) is 23.1 Å². The lowest BCUT2D eigenvalue weighted by atomic mass is 10.3. The van der Waals surface area contributed by atoms with E-state index in [9.17, 15) is 22.0 Å². The van der Waals surface area contributed by atoms with Crippen molar-refractivity contribution >= 4 is 27.6 Å². The van der Waals surface area contributed by atoms with Crippen LogP contribution in [0.3, 0.4) is 0 Å².